The molecular weight excluding hydrogens is 334 g/mol. The highest BCUT2D eigenvalue weighted by Crippen LogP contribution is 2.25. The third kappa shape index (κ3) is 3.10. The van der Waals surface area contributed by atoms with Gasteiger partial charge < -0.3 is 4.90 Å². The molecule has 1 atom stereocenters. The van der Waals surface area contributed by atoms with Gasteiger partial charge in [0.1, 0.15) is 5.69 Å². The van der Waals surface area contributed by atoms with Crippen molar-refractivity contribution in [2.24, 2.45) is 0 Å². The predicted molar refractivity (Wildman–Crippen MR) is 107 cm³/mol. The number of hydrogen-bond acceptors (Lipinski definition) is 3. The first-order valence-corrected chi connectivity index (χ1v) is 9.74. The van der Waals surface area contributed by atoms with E-state index in [9.17, 15) is 4.79 Å². The summed E-state index contributed by atoms with van der Waals surface area (Å²) in [6.45, 7) is 3.70. The molecule has 1 unspecified atom stereocenters. The van der Waals surface area contributed by atoms with E-state index in [1.54, 1.807) is 0 Å². The van der Waals surface area contributed by atoms with Gasteiger partial charge in [-0.15, -0.1) is 0 Å². The second-order valence-electron chi connectivity index (χ2n) is 7.57. The Labute approximate surface area is 159 Å². The first-order valence-electron chi connectivity index (χ1n) is 9.74. The third-order valence-corrected chi connectivity index (χ3v) is 5.94. The molecule has 0 radical (unpaired) electrons. The van der Waals surface area contributed by atoms with Crippen LogP contribution in [0.4, 0.5) is 0 Å². The van der Waals surface area contributed by atoms with Crippen molar-refractivity contribution >= 4 is 16.8 Å². The van der Waals surface area contributed by atoms with Gasteiger partial charge in [-0.05, 0) is 36.1 Å². The number of likely N-dealkylation sites (tertiary alicyclic amines) is 1. The minimum atomic E-state index is 0.0562. The number of benzene rings is 2. The van der Waals surface area contributed by atoms with Crippen LogP contribution in [0.5, 0.6) is 0 Å². The lowest BCUT2D eigenvalue weighted by Gasteiger charge is -2.33. The van der Waals surface area contributed by atoms with Gasteiger partial charge in [0.15, 0.2) is 0 Å². The molecule has 2 aromatic carbocycles. The summed E-state index contributed by atoms with van der Waals surface area (Å²) < 4.78 is 0. The van der Waals surface area contributed by atoms with E-state index in [1.165, 1.54) is 11.1 Å². The second-order valence-corrected chi connectivity index (χ2v) is 7.57. The van der Waals surface area contributed by atoms with Gasteiger partial charge in [-0.2, -0.15) is 0 Å². The van der Waals surface area contributed by atoms with Gasteiger partial charge in [0, 0.05) is 37.6 Å². The lowest BCUT2D eigenvalue weighted by molar-refractivity contribution is 0.0768. The fourth-order valence-electron chi connectivity index (χ4n) is 4.40. The van der Waals surface area contributed by atoms with E-state index in [2.05, 4.69) is 34.1 Å². The van der Waals surface area contributed by atoms with Crippen LogP contribution in [0.15, 0.2) is 60.7 Å². The summed E-state index contributed by atoms with van der Waals surface area (Å²) in [6.07, 6.45) is 2.15. The van der Waals surface area contributed by atoms with Gasteiger partial charge in [-0.25, -0.2) is 4.98 Å². The molecule has 2 aliphatic heterocycles. The average molecular weight is 357 g/mol. The zero-order valence-corrected chi connectivity index (χ0v) is 15.3. The summed E-state index contributed by atoms with van der Waals surface area (Å²) in [5.74, 6) is 0.0562. The summed E-state index contributed by atoms with van der Waals surface area (Å²) in [5.41, 5.74) is 4.34. The van der Waals surface area contributed by atoms with E-state index in [-0.39, 0.29) is 5.91 Å². The highest BCUT2D eigenvalue weighted by molar-refractivity contribution is 5.95. The van der Waals surface area contributed by atoms with Crippen LogP contribution in [0.3, 0.4) is 0 Å². The molecule has 3 heterocycles. The topological polar surface area (TPSA) is 36.4 Å². The van der Waals surface area contributed by atoms with Crippen LogP contribution in [0.2, 0.25) is 0 Å². The number of amides is 1. The molecule has 4 heteroatoms. The molecule has 27 heavy (non-hydrogen) atoms. The van der Waals surface area contributed by atoms with E-state index in [4.69, 9.17) is 0 Å². The molecule has 0 spiro atoms. The van der Waals surface area contributed by atoms with E-state index in [0.29, 0.717) is 11.7 Å². The Hall–Kier alpha value is -2.72. The zero-order chi connectivity index (χ0) is 18.2. The molecule has 0 N–H and O–H groups in total. The lowest BCUT2D eigenvalue weighted by Crippen LogP contribution is -2.41. The quantitative estimate of drug-likeness (QED) is 0.704. The SMILES string of the molecule is O=C(c1ccc2ccccc2n1)N1CCC(N2CCc3ccccc3C2)C1. The van der Waals surface area contributed by atoms with Crippen LogP contribution in [-0.4, -0.2) is 46.4 Å². The normalized spacial score (nSPS) is 20.0. The summed E-state index contributed by atoms with van der Waals surface area (Å²) in [5, 5.41) is 1.07. The fraction of sp³-hybridized carbons (Fsp3) is 0.304. The highest BCUT2D eigenvalue weighted by atomic mass is 16.2. The number of nitrogens with zero attached hydrogens (tertiary/aromatic N) is 3. The number of aromatic nitrogens is 1. The lowest BCUT2D eigenvalue weighted by atomic mass is 9.98. The predicted octanol–water partition coefficient (Wildman–Crippen LogP) is 3.51. The Morgan fingerprint density at radius 1 is 0.926 bits per heavy atom. The Morgan fingerprint density at radius 2 is 1.74 bits per heavy atom. The van der Waals surface area contributed by atoms with Gasteiger partial charge in [0.25, 0.3) is 5.91 Å². The molecule has 0 bridgehead atoms. The summed E-state index contributed by atoms with van der Waals surface area (Å²) in [4.78, 5) is 22.1. The second kappa shape index (κ2) is 6.78. The number of hydrogen-bond donors (Lipinski definition) is 0. The molecule has 1 fully saturated rings. The molecule has 5 rings (SSSR count). The van der Waals surface area contributed by atoms with Crippen molar-refractivity contribution in [3.63, 3.8) is 0 Å². The van der Waals surface area contributed by atoms with Gasteiger partial charge in [-0.3, -0.25) is 9.69 Å². The monoisotopic (exact) mass is 357 g/mol. The van der Waals surface area contributed by atoms with Crippen molar-refractivity contribution in [2.75, 3.05) is 19.6 Å². The summed E-state index contributed by atoms with van der Waals surface area (Å²) in [6, 6.07) is 21.0. The maximum Gasteiger partial charge on any atom is 0.272 e. The standard InChI is InChI=1S/C23H23N3O/c27-23(22-10-9-18-6-3-4-8-21(18)24-22)26-14-12-20(16-26)25-13-11-17-5-1-2-7-19(17)15-25/h1-10,20H,11-16H2. The van der Waals surface area contributed by atoms with Gasteiger partial charge >= 0.3 is 0 Å². The third-order valence-electron chi connectivity index (χ3n) is 5.94. The molecule has 1 saturated heterocycles. The molecule has 1 amide bonds. The van der Waals surface area contributed by atoms with Crippen molar-refractivity contribution in [2.45, 2.75) is 25.4 Å². The van der Waals surface area contributed by atoms with Crippen LogP contribution in [0.25, 0.3) is 10.9 Å². The Morgan fingerprint density at radius 3 is 2.67 bits per heavy atom. The van der Waals surface area contributed by atoms with Crippen molar-refractivity contribution < 1.29 is 4.79 Å². The Kier molecular flexibility index (Phi) is 4.13. The number of rotatable bonds is 2. The Balaban J connectivity index is 1.29. The van der Waals surface area contributed by atoms with Gasteiger partial charge in [0.05, 0.1) is 5.52 Å². The average Bonchev–Trinajstić information content (AvgIpc) is 3.23. The molecule has 0 aliphatic carbocycles. The van der Waals surface area contributed by atoms with Crippen molar-refractivity contribution in [1.82, 2.24) is 14.8 Å². The maximum absolute atomic E-state index is 13.0. The largest absolute Gasteiger partial charge is 0.336 e. The number of carbonyl (C=O) groups excluding carboxylic acids is 1. The molecule has 3 aromatic rings. The highest BCUT2D eigenvalue weighted by Gasteiger charge is 2.32. The van der Waals surface area contributed by atoms with E-state index < -0.39 is 0 Å². The van der Waals surface area contributed by atoms with Crippen molar-refractivity contribution in [3.8, 4) is 0 Å². The van der Waals surface area contributed by atoms with Crippen LogP contribution in [0.1, 0.15) is 28.0 Å². The van der Waals surface area contributed by atoms with E-state index in [1.807, 2.05) is 41.3 Å². The van der Waals surface area contributed by atoms with Crippen LogP contribution in [-0.2, 0) is 13.0 Å². The van der Waals surface area contributed by atoms with Crippen molar-refractivity contribution in [3.05, 3.63) is 77.5 Å². The Bertz CT molecular complexity index is 1000. The number of pyridine rings is 1. The summed E-state index contributed by atoms with van der Waals surface area (Å²) >= 11 is 0. The van der Waals surface area contributed by atoms with Crippen LogP contribution < -0.4 is 0 Å². The molecule has 0 saturated carbocycles. The first kappa shape index (κ1) is 16.5. The number of fused-ring (bicyclic) bond motifs is 2. The fourth-order valence-corrected chi connectivity index (χ4v) is 4.40. The number of para-hydroxylation sites is 1. The molecule has 4 nitrogen and oxygen atoms in total. The summed E-state index contributed by atoms with van der Waals surface area (Å²) in [7, 11) is 0. The van der Waals surface area contributed by atoms with Gasteiger partial charge in [0.2, 0.25) is 0 Å². The molecule has 136 valence electrons. The smallest absolute Gasteiger partial charge is 0.272 e. The van der Waals surface area contributed by atoms with Crippen LogP contribution in [0, 0.1) is 0 Å². The molecular formula is C23H23N3O. The zero-order valence-electron chi connectivity index (χ0n) is 15.3. The molecule has 2 aliphatic rings. The van der Waals surface area contributed by atoms with E-state index >= 15 is 0 Å². The minimum absolute atomic E-state index is 0.0562. The van der Waals surface area contributed by atoms with Crippen molar-refractivity contribution in [1.29, 1.82) is 0 Å². The van der Waals surface area contributed by atoms with Crippen LogP contribution >= 0.6 is 0 Å². The van der Waals surface area contributed by atoms with E-state index in [0.717, 1.165) is 49.9 Å². The van der Waals surface area contributed by atoms with Gasteiger partial charge in [-0.1, -0.05) is 48.5 Å². The minimum Gasteiger partial charge on any atom is -0.336 e. The molecule has 1 aromatic heterocycles. The first-order chi connectivity index (χ1) is 13.3. The maximum atomic E-state index is 13.0. The number of carbonyl (C=O) groups is 1.